The molecule has 6 heteroatoms. The Labute approximate surface area is 128 Å². The predicted octanol–water partition coefficient (Wildman–Crippen LogP) is 2.29. The number of halogens is 1. The van der Waals surface area contributed by atoms with E-state index < -0.39 is 0 Å². The number of hydrogen-bond donors (Lipinski definition) is 1. The minimum absolute atomic E-state index is 0.204. The van der Waals surface area contributed by atoms with E-state index in [1.165, 1.54) is 0 Å². The number of nitrogens with zero attached hydrogens (tertiary/aromatic N) is 2. The van der Waals surface area contributed by atoms with Crippen molar-refractivity contribution in [2.75, 3.05) is 33.2 Å². The number of fused-ring (bicyclic) bond motifs is 1. The first-order valence-electron chi connectivity index (χ1n) is 6.98. The normalized spacial score (nSPS) is 17.3. The number of nitrogens with one attached hydrogen (secondary N) is 1. The van der Waals surface area contributed by atoms with Crippen LogP contribution in [-0.4, -0.2) is 49.0 Å². The molecule has 1 N–H and O–H groups in total. The van der Waals surface area contributed by atoms with Gasteiger partial charge in [-0.1, -0.05) is 11.6 Å². The molecule has 2 aromatic rings. The Hall–Kier alpha value is -1.56. The summed E-state index contributed by atoms with van der Waals surface area (Å²) in [5.41, 5.74) is 4.41. The van der Waals surface area contributed by atoms with Crippen molar-refractivity contribution in [2.45, 2.75) is 6.92 Å². The number of amides is 1. The van der Waals surface area contributed by atoms with Gasteiger partial charge in [-0.3, -0.25) is 10.2 Å². The first-order valence-corrected chi connectivity index (χ1v) is 7.35. The monoisotopic (exact) mass is 307 g/mol. The molecule has 0 bridgehead atoms. The smallest absolute Gasteiger partial charge is 0.301 e. The summed E-state index contributed by atoms with van der Waals surface area (Å²) in [6, 6.07) is 5.37. The Balaban J connectivity index is 1.80. The second kappa shape index (κ2) is 5.67. The maximum Gasteiger partial charge on any atom is 0.301 e. The lowest BCUT2D eigenvalue weighted by Crippen LogP contribution is -2.52. The van der Waals surface area contributed by atoms with Crippen molar-refractivity contribution < 1.29 is 9.21 Å². The molecule has 0 aliphatic carbocycles. The summed E-state index contributed by atoms with van der Waals surface area (Å²) in [4.78, 5) is 14.6. The third-order valence-corrected chi connectivity index (χ3v) is 4.10. The molecular weight excluding hydrogens is 290 g/mol. The number of likely N-dealkylation sites (N-methyl/N-ethyl adjacent to an activating group) is 1. The van der Waals surface area contributed by atoms with Crippen LogP contribution in [0.3, 0.4) is 0 Å². The van der Waals surface area contributed by atoms with Gasteiger partial charge in [0.2, 0.25) is 0 Å². The quantitative estimate of drug-likeness (QED) is 0.925. The largest absolute Gasteiger partial charge is 0.451 e. The maximum atomic E-state index is 12.4. The highest BCUT2D eigenvalue weighted by Gasteiger charge is 2.21. The van der Waals surface area contributed by atoms with Gasteiger partial charge in [-0.05, 0) is 32.2 Å². The molecule has 21 heavy (non-hydrogen) atoms. The molecule has 0 radical (unpaired) electrons. The topological polar surface area (TPSA) is 48.7 Å². The zero-order valence-corrected chi connectivity index (χ0v) is 12.9. The molecule has 1 aliphatic heterocycles. The summed E-state index contributed by atoms with van der Waals surface area (Å²) in [5, 5.41) is 3.45. The molecule has 0 unspecified atom stereocenters. The number of furan rings is 1. The number of rotatable bonds is 2. The van der Waals surface area contributed by atoms with Crippen LogP contribution in [-0.2, 0) is 0 Å². The van der Waals surface area contributed by atoms with Gasteiger partial charge in [-0.25, -0.2) is 5.01 Å². The molecule has 112 valence electrons. The third kappa shape index (κ3) is 2.90. The second-order valence-electron chi connectivity index (χ2n) is 5.43. The number of aryl methyl sites for hydroxylation is 1. The summed E-state index contributed by atoms with van der Waals surface area (Å²) in [5.74, 6) is 0.149. The standard InChI is InChI=1S/C15H18ClN3O2/c1-10-12-9-11(16)3-4-13(12)21-14(10)15(20)17-19-7-5-18(2)6-8-19/h3-4,9H,5-8H2,1-2H3,(H,17,20). The van der Waals surface area contributed by atoms with E-state index in [1.54, 1.807) is 12.1 Å². The Bertz CT molecular complexity index is 675. The highest BCUT2D eigenvalue weighted by atomic mass is 35.5. The van der Waals surface area contributed by atoms with Crippen LogP contribution in [0.15, 0.2) is 22.6 Å². The van der Waals surface area contributed by atoms with Gasteiger partial charge in [-0.2, -0.15) is 0 Å². The summed E-state index contributed by atoms with van der Waals surface area (Å²) >= 11 is 5.99. The van der Waals surface area contributed by atoms with Crippen LogP contribution in [0.2, 0.25) is 5.02 Å². The molecule has 1 fully saturated rings. The first-order chi connectivity index (χ1) is 10.0. The van der Waals surface area contributed by atoms with Crippen molar-refractivity contribution in [2.24, 2.45) is 0 Å². The molecule has 3 rings (SSSR count). The van der Waals surface area contributed by atoms with E-state index >= 15 is 0 Å². The molecule has 1 aliphatic rings. The molecule has 0 spiro atoms. The van der Waals surface area contributed by atoms with Crippen molar-refractivity contribution in [1.82, 2.24) is 15.3 Å². The van der Waals surface area contributed by atoms with Crippen LogP contribution in [0, 0.1) is 6.92 Å². The number of piperazine rings is 1. The lowest BCUT2D eigenvalue weighted by atomic mass is 10.1. The van der Waals surface area contributed by atoms with Gasteiger partial charge in [0.1, 0.15) is 5.58 Å². The fraction of sp³-hybridized carbons (Fsp3) is 0.400. The summed E-state index contributed by atoms with van der Waals surface area (Å²) in [7, 11) is 2.08. The van der Waals surface area contributed by atoms with Gasteiger partial charge < -0.3 is 9.32 Å². The summed E-state index contributed by atoms with van der Waals surface area (Å²) in [6.07, 6.45) is 0. The number of carbonyl (C=O) groups excluding carboxylic acids is 1. The van der Waals surface area contributed by atoms with E-state index in [-0.39, 0.29) is 5.91 Å². The Morgan fingerprint density at radius 1 is 1.29 bits per heavy atom. The molecule has 0 atom stereocenters. The molecule has 1 aromatic carbocycles. The maximum absolute atomic E-state index is 12.4. The number of carbonyl (C=O) groups is 1. The SMILES string of the molecule is Cc1c(C(=O)NN2CCN(C)CC2)oc2ccc(Cl)cc12. The van der Waals surface area contributed by atoms with Crippen LogP contribution in [0.25, 0.3) is 11.0 Å². The lowest BCUT2D eigenvalue weighted by Gasteiger charge is -2.32. The van der Waals surface area contributed by atoms with E-state index in [0.29, 0.717) is 16.4 Å². The fourth-order valence-corrected chi connectivity index (χ4v) is 2.69. The average molecular weight is 308 g/mol. The van der Waals surface area contributed by atoms with Gasteiger partial charge >= 0.3 is 5.91 Å². The second-order valence-corrected chi connectivity index (χ2v) is 5.86. The van der Waals surface area contributed by atoms with E-state index in [2.05, 4.69) is 17.4 Å². The zero-order valence-electron chi connectivity index (χ0n) is 12.1. The van der Waals surface area contributed by atoms with E-state index in [4.69, 9.17) is 16.0 Å². The highest BCUT2D eigenvalue weighted by Crippen LogP contribution is 2.27. The molecule has 1 amide bonds. The Morgan fingerprint density at radius 2 is 2.00 bits per heavy atom. The van der Waals surface area contributed by atoms with Gasteiger partial charge in [0.25, 0.3) is 0 Å². The van der Waals surface area contributed by atoms with Gasteiger partial charge in [0.05, 0.1) is 0 Å². The van der Waals surface area contributed by atoms with E-state index in [9.17, 15) is 4.79 Å². The van der Waals surface area contributed by atoms with Crippen LogP contribution in [0.4, 0.5) is 0 Å². The summed E-state index contributed by atoms with van der Waals surface area (Å²) < 4.78 is 5.67. The predicted molar refractivity (Wildman–Crippen MR) is 82.5 cm³/mol. The highest BCUT2D eigenvalue weighted by molar-refractivity contribution is 6.31. The molecule has 2 heterocycles. The van der Waals surface area contributed by atoms with Crippen LogP contribution < -0.4 is 5.43 Å². The molecule has 1 saturated heterocycles. The van der Waals surface area contributed by atoms with Gasteiger partial charge in [-0.15, -0.1) is 0 Å². The number of hydrogen-bond acceptors (Lipinski definition) is 4. The average Bonchev–Trinajstić information content (AvgIpc) is 2.79. The minimum atomic E-state index is -0.204. The van der Waals surface area contributed by atoms with Gasteiger partial charge in [0.15, 0.2) is 5.76 Å². The van der Waals surface area contributed by atoms with Gasteiger partial charge in [0, 0.05) is 42.2 Å². The van der Waals surface area contributed by atoms with E-state index in [1.807, 2.05) is 18.0 Å². The number of benzene rings is 1. The first kappa shape index (κ1) is 14.4. The van der Waals surface area contributed by atoms with Crippen molar-refractivity contribution >= 4 is 28.5 Å². The van der Waals surface area contributed by atoms with E-state index in [0.717, 1.165) is 37.1 Å². The Kier molecular flexibility index (Phi) is 3.89. The minimum Gasteiger partial charge on any atom is -0.451 e. The summed E-state index contributed by atoms with van der Waals surface area (Å²) in [6.45, 7) is 5.38. The van der Waals surface area contributed by atoms with Crippen LogP contribution in [0.5, 0.6) is 0 Å². The fourth-order valence-electron chi connectivity index (χ4n) is 2.52. The Morgan fingerprint density at radius 3 is 2.71 bits per heavy atom. The zero-order chi connectivity index (χ0) is 15.0. The third-order valence-electron chi connectivity index (χ3n) is 3.87. The van der Waals surface area contributed by atoms with Crippen molar-refractivity contribution in [1.29, 1.82) is 0 Å². The van der Waals surface area contributed by atoms with Crippen LogP contribution >= 0.6 is 11.6 Å². The van der Waals surface area contributed by atoms with Crippen molar-refractivity contribution in [3.05, 3.63) is 34.5 Å². The lowest BCUT2D eigenvalue weighted by molar-refractivity contribution is 0.0638. The van der Waals surface area contributed by atoms with Crippen LogP contribution in [0.1, 0.15) is 16.1 Å². The molecule has 0 saturated carbocycles. The number of hydrazine groups is 1. The molecular formula is C15H18ClN3O2. The van der Waals surface area contributed by atoms with Crippen molar-refractivity contribution in [3.8, 4) is 0 Å². The van der Waals surface area contributed by atoms with Crippen molar-refractivity contribution in [3.63, 3.8) is 0 Å². The molecule has 1 aromatic heterocycles. The molecule has 5 nitrogen and oxygen atoms in total.